The summed E-state index contributed by atoms with van der Waals surface area (Å²) in [5.74, 6) is 7.15. The van der Waals surface area contributed by atoms with Gasteiger partial charge in [0.05, 0.1) is 49.2 Å². The summed E-state index contributed by atoms with van der Waals surface area (Å²) in [5, 5.41) is 5.36. The van der Waals surface area contributed by atoms with Crippen molar-refractivity contribution in [3.05, 3.63) is 65.6 Å². The van der Waals surface area contributed by atoms with Gasteiger partial charge in [-0.3, -0.25) is 9.59 Å². The van der Waals surface area contributed by atoms with Gasteiger partial charge in [0.25, 0.3) is 0 Å². The van der Waals surface area contributed by atoms with Crippen LogP contribution in [0.4, 0.5) is 9.59 Å². The molecule has 15 nitrogen and oxygen atoms in total. The van der Waals surface area contributed by atoms with Gasteiger partial charge < -0.3 is 39.9 Å². The molecule has 2 aliphatic heterocycles. The van der Waals surface area contributed by atoms with Crippen LogP contribution in [-0.2, 0) is 19.1 Å². The number of nitrogens with zero attached hydrogens (tertiary/aromatic N) is 5. The van der Waals surface area contributed by atoms with Crippen molar-refractivity contribution in [2.45, 2.75) is 77.5 Å². The van der Waals surface area contributed by atoms with E-state index in [2.05, 4.69) is 42.4 Å². The molecule has 4 aromatic rings. The Kier molecular flexibility index (Phi) is 11.5. The fourth-order valence-electron chi connectivity index (χ4n) is 7.07. The molecular formula is C39H47N9O6. The summed E-state index contributed by atoms with van der Waals surface area (Å²) in [6.07, 6.45) is 5.38. The highest BCUT2D eigenvalue weighted by atomic mass is 16.5. The minimum atomic E-state index is -0.703. The largest absolute Gasteiger partial charge is 0.453 e. The smallest absolute Gasteiger partial charge is 0.407 e. The summed E-state index contributed by atoms with van der Waals surface area (Å²) in [4.78, 5) is 75.2. The number of carbonyl (C=O) groups excluding carboxylic acids is 4. The average Bonchev–Trinajstić information content (AvgIpc) is 4.00. The maximum absolute atomic E-state index is 13.5. The van der Waals surface area contributed by atoms with E-state index in [4.69, 9.17) is 14.5 Å². The highest BCUT2D eigenvalue weighted by Gasteiger charge is 2.39. The first-order valence-corrected chi connectivity index (χ1v) is 18.3. The van der Waals surface area contributed by atoms with Crippen molar-refractivity contribution >= 4 is 35.0 Å². The van der Waals surface area contributed by atoms with Crippen LogP contribution < -0.4 is 10.6 Å². The molecule has 3 aromatic heterocycles. The molecule has 0 bridgehead atoms. The zero-order valence-electron chi connectivity index (χ0n) is 31.4. The number of pyridine rings is 1. The maximum atomic E-state index is 13.5. The third-order valence-corrected chi connectivity index (χ3v) is 9.99. The summed E-state index contributed by atoms with van der Waals surface area (Å²) in [7, 11) is 2.56. The van der Waals surface area contributed by atoms with E-state index in [1.165, 1.54) is 14.2 Å². The number of amides is 4. The van der Waals surface area contributed by atoms with Crippen molar-refractivity contribution in [2.75, 3.05) is 27.3 Å². The topological polar surface area (TPSA) is 188 Å². The quantitative estimate of drug-likeness (QED) is 0.175. The number of rotatable bonds is 9. The molecule has 0 unspecified atom stereocenters. The zero-order chi connectivity index (χ0) is 38.5. The molecule has 0 radical (unpaired) electrons. The molecule has 4 amide bonds. The Balaban J connectivity index is 1.12. The lowest BCUT2D eigenvalue weighted by molar-refractivity contribution is -0.136. The predicted octanol–water partition coefficient (Wildman–Crippen LogP) is 4.84. The molecule has 4 atom stereocenters. The molecule has 54 heavy (non-hydrogen) atoms. The number of H-pyrrole nitrogens is 2. The second-order valence-electron chi connectivity index (χ2n) is 14.3. The van der Waals surface area contributed by atoms with Crippen LogP contribution in [0.25, 0.3) is 22.3 Å². The molecule has 0 spiro atoms. The number of aromatic nitrogens is 5. The minimum Gasteiger partial charge on any atom is -0.453 e. The Morgan fingerprint density at radius 3 is 1.94 bits per heavy atom. The Morgan fingerprint density at radius 1 is 0.778 bits per heavy atom. The van der Waals surface area contributed by atoms with E-state index in [0.717, 1.165) is 53.5 Å². The first kappa shape index (κ1) is 37.8. The van der Waals surface area contributed by atoms with Crippen molar-refractivity contribution in [2.24, 2.45) is 11.8 Å². The molecule has 0 saturated carbocycles. The second kappa shape index (κ2) is 16.4. The highest BCUT2D eigenvalue weighted by Crippen LogP contribution is 2.34. The maximum Gasteiger partial charge on any atom is 0.407 e. The number of fused-ring (bicyclic) bond motifs is 1. The fraction of sp³-hybridized carbons (Fsp3) is 0.462. The van der Waals surface area contributed by atoms with E-state index in [0.29, 0.717) is 30.4 Å². The molecular weight excluding hydrogens is 690 g/mol. The van der Waals surface area contributed by atoms with Crippen molar-refractivity contribution in [1.82, 2.24) is 45.4 Å². The van der Waals surface area contributed by atoms with Gasteiger partial charge in [0.1, 0.15) is 29.4 Å². The van der Waals surface area contributed by atoms with Gasteiger partial charge in [0.2, 0.25) is 11.8 Å². The summed E-state index contributed by atoms with van der Waals surface area (Å²) >= 11 is 0. The van der Waals surface area contributed by atoms with Crippen LogP contribution in [0.3, 0.4) is 0 Å². The van der Waals surface area contributed by atoms with E-state index in [1.54, 1.807) is 22.2 Å². The van der Waals surface area contributed by atoms with Crippen molar-refractivity contribution in [3.63, 3.8) is 0 Å². The molecule has 15 heteroatoms. The molecule has 6 rings (SSSR count). The predicted molar refractivity (Wildman–Crippen MR) is 200 cm³/mol. The lowest BCUT2D eigenvalue weighted by atomic mass is 10.0. The van der Waals surface area contributed by atoms with Crippen LogP contribution in [0.5, 0.6) is 0 Å². The molecule has 1 aromatic carbocycles. The van der Waals surface area contributed by atoms with E-state index in [9.17, 15) is 19.2 Å². The van der Waals surface area contributed by atoms with Gasteiger partial charge in [-0.25, -0.2) is 24.5 Å². The SMILES string of the molecule is COC(=O)N[C@H](C(=O)N1CCC[C@H]1c1ncc(-c2ccc(C#Cc3ccc4nc([C@@H]5CCCN5C(=O)[C@@H](NC(=O)OC)C(C)C)[nH]c4c3)nc2)[nH]1)C(C)C. The molecule has 0 aliphatic carbocycles. The summed E-state index contributed by atoms with van der Waals surface area (Å²) in [6.45, 7) is 8.70. The van der Waals surface area contributed by atoms with Gasteiger partial charge in [-0.05, 0) is 73.8 Å². The number of hydrogen-bond acceptors (Lipinski definition) is 9. The number of ether oxygens (including phenoxy) is 2. The van der Waals surface area contributed by atoms with Crippen LogP contribution in [0, 0.1) is 23.7 Å². The number of carbonyl (C=O) groups is 4. The van der Waals surface area contributed by atoms with Crippen molar-refractivity contribution in [3.8, 4) is 23.1 Å². The number of likely N-dealkylation sites (tertiary alicyclic amines) is 2. The van der Waals surface area contributed by atoms with Gasteiger partial charge in [-0.15, -0.1) is 0 Å². The van der Waals surface area contributed by atoms with E-state index in [-0.39, 0.29) is 35.7 Å². The lowest BCUT2D eigenvalue weighted by Gasteiger charge is -2.30. The normalized spacial score (nSPS) is 18.0. The van der Waals surface area contributed by atoms with Crippen molar-refractivity contribution in [1.29, 1.82) is 0 Å². The van der Waals surface area contributed by atoms with Crippen LogP contribution in [-0.4, -0.2) is 98.1 Å². The van der Waals surface area contributed by atoms with Crippen LogP contribution >= 0.6 is 0 Å². The van der Waals surface area contributed by atoms with Crippen molar-refractivity contribution < 1.29 is 28.7 Å². The number of nitrogens with one attached hydrogen (secondary N) is 4. The van der Waals surface area contributed by atoms with Crippen LogP contribution in [0.1, 0.15) is 88.4 Å². The number of methoxy groups -OCH3 is 2. The second-order valence-corrected chi connectivity index (χ2v) is 14.3. The highest BCUT2D eigenvalue weighted by molar-refractivity contribution is 5.87. The summed E-state index contributed by atoms with van der Waals surface area (Å²) < 4.78 is 9.48. The number of benzene rings is 1. The van der Waals surface area contributed by atoms with Gasteiger partial charge in [0, 0.05) is 30.4 Å². The van der Waals surface area contributed by atoms with E-state index in [1.807, 2.05) is 58.0 Å². The van der Waals surface area contributed by atoms with Gasteiger partial charge >= 0.3 is 12.2 Å². The Hall–Kier alpha value is -5.91. The van der Waals surface area contributed by atoms with E-state index >= 15 is 0 Å². The lowest BCUT2D eigenvalue weighted by Crippen LogP contribution is -2.51. The van der Waals surface area contributed by atoms with Gasteiger partial charge in [-0.2, -0.15) is 0 Å². The van der Waals surface area contributed by atoms with Crippen LogP contribution in [0.15, 0.2) is 42.7 Å². The Labute approximate surface area is 314 Å². The first-order chi connectivity index (χ1) is 26.0. The Morgan fingerprint density at radius 2 is 1.39 bits per heavy atom. The molecule has 2 saturated heterocycles. The number of alkyl carbamates (subject to hydrolysis) is 2. The fourth-order valence-corrected chi connectivity index (χ4v) is 7.07. The average molecular weight is 738 g/mol. The molecule has 2 fully saturated rings. The monoisotopic (exact) mass is 737 g/mol. The zero-order valence-corrected chi connectivity index (χ0v) is 31.4. The standard InChI is InChI=1S/C39H47N9O6/c1-22(2)32(45-38(51)53-5)36(49)47-17-7-9-30(47)34-41-21-29(44-34)25-13-15-26(40-20-25)14-11-24-12-16-27-28(19-24)43-35(42-27)31-10-8-18-48(31)37(50)33(23(3)4)46-39(52)54-6/h12-13,15-16,19-23,30-33H,7-10,17-18H2,1-6H3,(H,41,44)(H,42,43)(H,45,51)(H,46,52)/t30-,31-,32-,33-/m0/s1. The number of imidazole rings is 2. The van der Waals surface area contributed by atoms with E-state index < -0.39 is 24.3 Å². The molecule has 284 valence electrons. The Bertz CT molecular complexity index is 2060. The van der Waals surface area contributed by atoms with Gasteiger partial charge in [-0.1, -0.05) is 33.6 Å². The first-order valence-electron chi connectivity index (χ1n) is 18.3. The van der Waals surface area contributed by atoms with Gasteiger partial charge in [0.15, 0.2) is 0 Å². The number of aromatic amines is 2. The molecule has 4 N–H and O–H groups in total. The summed E-state index contributed by atoms with van der Waals surface area (Å²) in [6, 6.07) is 7.63. The number of hydrogen-bond donors (Lipinski definition) is 4. The third-order valence-electron chi connectivity index (χ3n) is 9.99. The molecule has 2 aliphatic rings. The summed E-state index contributed by atoms with van der Waals surface area (Å²) in [5.41, 5.74) is 4.55. The van der Waals surface area contributed by atoms with Crippen LogP contribution in [0.2, 0.25) is 0 Å². The minimum absolute atomic E-state index is 0.117. The molecule has 5 heterocycles. The third kappa shape index (κ3) is 8.17.